The number of hydrogen-bond acceptors (Lipinski definition) is 12. The minimum Gasteiger partial charge on any atom is -0.462 e. The van der Waals surface area contributed by atoms with Crippen LogP contribution >= 0.6 is 0 Å². The lowest BCUT2D eigenvalue weighted by molar-refractivity contribution is -0.282. The molecule has 0 radical (unpaired) electrons. The summed E-state index contributed by atoms with van der Waals surface area (Å²) in [5.74, 6) is -4.44. The van der Waals surface area contributed by atoms with Crippen LogP contribution in [0.1, 0.15) is 128 Å². The zero-order chi connectivity index (χ0) is 51.8. The van der Waals surface area contributed by atoms with Crippen LogP contribution in [0.15, 0.2) is 60.4 Å². The van der Waals surface area contributed by atoms with Gasteiger partial charge in [0.2, 0.25) is 12.3 Å². The van der Waals surface area contributed by atoms with E-state index in [4.69, 9.17) is 28.1 Å². The van der Waals surface area contributed by atoms with Gasteiger partial charge in [0.15, 0.2) is 32.9 Å². The van der Waals surface area contributed by atoms with Crippen LogP contribution in [0, 0.1) is 21.7 Å². The molecule has 1 saturated heterocycles. The number of anilines is 1. The number of amides is 2. The first-order valence-corrected chi connectivity index (χ1v) is 26.1. The number of carbonyl (C=O) groups excluding carboxylic acids is 6. The Morgan fingerprint density at radius 3 is 1.69 bits per heavy atom. The summed E-state index contributed by atoms with van der Waals surface area (Å²) in [7, 11) is -2.27. The van der Waals surface area contributed by atoms with Crippen LogP contribution in [0.5, 0.6) is 0 Å². The predicted molar refractivity (Wildman–Crippen MR) is 261 cm³/mol. The molecule has 1 fully saturated rings. The summed E-state index contributed by atoms with van der Waals surface area (Å²) in [4.78, 5) is 84.9. The van der Waals surface area contributed by atoms with Crippen molar-refractivity contribution in [3.63, 3.8) is 0 Å². The third-order valence-corrected chi connectivity index (χ3v) is 16.2. The van der Waals surface area contributed by atoms with Crippen molar-refractivity contribution in [3.05, 3.63) is 71.6 Å². The van der Waals surface area contributed by atoms with Gasteiger partial charge in [0.1, 0.15) is 24.6 Å². The number of rotatable bonds is 17. The van der Waals surface area contributed by atoms with E-state index in [9.17, 15) is 28.8 Å². The molecule has 0 aromatic heterocycles. The molecule has 0 unspecified atom stereocenters. The van der Waals surface area contributed by atoms with E-state index in [1.54, 1.807) is 138 Å². The number of nitrogens with one attached hydrogen (secondary N) is 1. The number of carbonyl (C=O) groups is 6. The van der Waals surface area contributed by atoms with Crippen LogP contribution in [0.4, 0.5) is 10.1 Å². The van der Waals surface area contributed by atoms with Crippen molar-refractivity contribution in [3.8, 4) is 0 Å². The molecular formula is C52H77FN2O12Si. The summed E-state index contributed by atoms with van der Waals surface area (Å²) in [6.07, 6.45) is -7.46. The van der Waals surface area contributed by atoms with Gasteiger partial charge in [-0.3, -0.25) is 28.8 Å². The molecule has 2 aromatic carbocycles. The summed E-state index contributed by atoms with van der Waals surface area (Å²) in [6, 6.07) is 14.2. The molecule has 16 heteroatoms. The van der Waals surface area contributed by atoms with Gasteiger partial charge in [-0.05, 0) is 131 Å². The molecule has 3 rings (SSSR count). The number of allylic oxidation sites excluding steroid dienone is 1. The molecule has 1 heterocycles. The quantitative estimate of drug-likeness (QED) is 0.0689. The number of benzene rings is 2. The summed E-state index contributed by atoms with van der Waals surface area (Å²) >= 11 is 0. The van der Waals surface area contributed by atoms with Crippen molar-refractivity contribution in [1.82, 2.24) is 4.90 Å². The van der Waals surface area contributed by atoms with Crippen LogP contribution < -0.4 is 5.32 Å². The Bertz CT molecular complexity index is 2110. The topological polar surface area (TPSA) is 173 Å². The first-order valence-electron chi connectivity index (χ1n) is 23.2. The molecule has 0 spiro atoms. The van der Waals surface area contributed by atoms with E-state index in [2.05, 4.69) is 39.2 Å². The summed E-state index contributed by atoms with van der Waals surface area (Å²) in [6.45, 7) is 29.3. The molecule has 1 aliphatic rings. The number of ether oxygens (including phenoxy) is 5. The van der Waals surface area contributed by atoms with E-state index in [-0.39, 0.29) is 24.5 Å². The smallest absolute Gasteiger partial charge is 0.311 e. The van der Waals surface area contributed by atoms with Gasteiger partial charge in [-0.25, -0.2) is 4.39 Å². The van der Waals surface area contributed by atoms with Crippen LogP contribution in [0.25, 0.3) is 6.08 Å². The normalized spacial score (nSPS) is 20.1. The highest BCUT2D eigenvalue weighted by atomic mass is 28.4. The fraction of sp³-hybridized carbons (Fsp3) is 0.615. The van der Waals surface area contributed by atoms with E-state index in [1.165, 1.54) is 6.08 Å². The van der Waals surface area contributed by atoms with Gasteiger partial charge < -0.3 is 38.3 Å². The number of halogens is 1. The Labute approximate surface area is 404 Å². The van der Waals surface area contributed by atoms with Crippen LogP contribution in [0.2, 0.25) is 18.1 Å². The van der Waals surface area contributed by atoms with E-state index in [0.717, 1.165) is 4.90 Å². The Hall–Kier alpha value is -4.93. The van der Waals surface area contributed by atoms with Gasteiger partial charge in [-0.15, -0.1) is 0 Å². The fourth-order valence-corrected chi connectivity index (χ4v) is 7.16. The molecule has 2 aromatic rings. The third-order valence-electron chi connectivity index (χ3n) is 11.7. The minimum atomic E-state index is -2.27. The van der Waals surface area contributed by atoms with Gasteiger partial charge in [0.25, 0.3) is 0 Å². The second-order valence-electron chi connectivity index (χ2n) is 23.1. The number of nitrogens with zero attached hydrogens (tertiary/aromatic N) is 1. The van der Waals surface area contributed by atoms with E-state index >= 15 is 4.39 Å². The van der Waals surface area contributed by atoms with Crippen LogP contribution in [-0.4, -0.2) is 92.7 Å². The highest BCUT2D eigenvalue weighted by Crippen LogP contribution is 2.39. The zero-order valence-corrected chi connectivity index (χ0v) is 44.4. The molecule has 14 nitrogen and oxygen atoms in total. The molecule has 0 saturated carbocycles. The van der Waals surface area contributed by atoms with Gasteiger partial charge in [-0.2, -0.15) is 0 Å². The molecule has 1 aliphatic heterocycles. The lowest BCUT2D eigenvalue weighted by atomic mass is 9.91. The maximum absolute atomic E-state index is 16.0. The summed E-state index contributed by atoms with van der Waals surface area (Å²) < 4.78 is 53.4. The molecule has 0 aliphatic carbocycles. The van der Waals surface area contributed by atoms with Gasteiger partial charge in [-0.1, -0.05) is 69.3 Å². The van der Waals surface area contributed by atoms with Crippen molar-refractivity contribution in [2.45, 2.75) is 178 Å². The molecule has 1 N–H and O–H groups in total. The zero-order valence-electron chi connectivity index (χ0n) is 43.4. The Morgan fingerprint density at radius 1 is 0.706 bits per heavy atom. The lowest BCUT2D eigenvalue weighted by Gasteiger charge is -2.49. The lowest BCUT2D eigenvalue weighted by Crippen LogP contribution is -2.68. The van der Waals surface area contributed by atoms with Crippen molar-refractivity contribution < 1.29 is 61.3 Å². The maximum atomic E-state index is 16.0. The largest absolute Gasteiger partial charge is 0.462 e. The Kier molecular flexibility index (Phi) is 19.1. The summed E-state index contributed by atoms with van der Waals surface area (Å²) in [5, 5.41) is 2.83. The molecule has 68 heavy (non-hydrogen) atoms. The van der Waals surface area contributed by atoms with E-state index in [1.807, 2.05) is 0 Å². The monoisotopic (exact) mass is 969 g/mol. The Morgan fingerprint density at radius 2 is 1.19 bits per heavy atom. The first kappa shape index (κ1) is 57.4. The highest BCUT2D eigenvalue weighted by Gasteiger charge is 2.57. The average Bonchev–Trinajstić information content (AvgIpc) is 3.21. The number of hydrogen-bond donors (Lipinski definition) is 1. The van der Waals surface area contributed by atoms with Crippen molar-refractivity contribution in [2.75, 3.05) is 11.9 Å². The average molecular weight is 969 g/mol. The van der Waals surface area contributed by atoms with Gasteiger partial charge >= 0.3 is 23.9 Å². The van der Waals surface area contributed by atoms with Crippen LogP contribution in [-0.2, 0) is 63.5 Å². The van der Waals surface area contributed by atoms with Crippen molar-refractivity contribution >= 4 is 56.3 Å². The SMILES string of the molecule is CC(C)(C)C(=O)OC[C@H]1O[C@@H](N(C=O)[C@@H](CC/C(F)=C/c2ccccc2)C(=O)Nc2ccccc2CO[Si](C)(C)C(C)(C)C)[C@H](OC(=O)C(C)(C)C)[C@@H](OC(=O)C(C)(C)C)[C@H]1OC(=O)C(C)(C)C. The van der Waals surface area contributed by atoms with Crippen LogP contribution in [0.3, 0.4) is 0 Å². The van der Waals surface area contributed by atoms with Crippen molar-refractivity contribution in [2.24, 2.45) is 21.7 Å². The second kappa shape index (κ2) is 22.7. The van der Waals surface area contributed by atoms with E-state index < -0.39 is 109 Å². The third kappa shape index (κ3) is 16.1. The Balaban J connectivity index is 2.34. The van der Waals surface area contributed by atoms with Gasteiger partial charge in [0.05, 0.1) is 28.3 Å². The van der Waals surface area contributed by atoms with E-state index in [0.29, 0.717) is 23.2 Å². The van der Waals surface area contributed by atoms with Gasteiger partial charge in [0, 0.05) is 12.1 Å². The first-order chi connectivity index (χ1) is 31.1. The standard InChI is InChI=1S/C52H77FN2O12Si/c1-48(2,3)44(58)62-31-38-39(65-45(59)49(4,5)6)40(66-46(60)50(7,8)9)41(67-47(61)51(10,11)12)43(64-38)55(32-56)37(28-27-35(53)29-33-23-19-18-20-24-33)42(57)54-36-26-22-21-25-34(36)30-63-68(16,17)52(13,14)15/h18-26,29,32,37-41,43H,27-28,30-31H2,1-17H3,(H,54,57)/b35-29-/t37-,38+,39-,40-,41+,43+/m0/s1. The highest BCUT2D eigenvalue weighted by molar-refractivity contribution is 6.74. The predicted octanol–water partition coefficient (Wildman–Crippen LogP) is 9.95. The number of para-hydroxylation sites is 1. The molecule has 6 atom stereocenters. The fourth-order valence-electron chi connectivity index (χ4n) is 6.21. The minimum absolute atomic E-state index is 0.114. The number of esters is 4. The second-order valence-corrected chi connectivity index (χ2v) is 27.9. The molecule has 2 amide bonds. The molecule has 378 valence electrons. The van der Waals surface area contributed by atoms with Crippen molar-refractivity contribution in [1.29, 1.82) is 0 Å². The molecular weight excluding hydrogens is 892 g/mol. The summed E-state index contributed by atoms with van der Waals surface area (Å²) in [5.41, 5.74) is -2.92. The molecule has 0 bridgehead atoms. The maximum Gasteiger partial charge on any atom is 0.311 e.